The molecule has 1 rings (SSSR count). The van der Waals surface area contributed by atoms with Gasteiger partial charge in [-0.1, -0.05) is 11.6 Å². The van der Waals surface area contributed by atoms with Crippen molar-refractivity contribution < 1.29 is 19.1 Å². The zero-order chi connectivity index (χ0) is 12.9. The maximum Gasteiger partial charge on any atom is 0.334 e. The summed E-state index contributed by atoms with van der Waals surface area (Å²) in [5, 5.41) is 0. The van der Waals surface area contributed by atoms with Crippen LogP contribution in [-0.4, -0.2) is 35.7 Å². The van der Waals surface area contributed by atoms with Gasteiger partial charge in [-0.25, -0.2) is 9.59 Å². The van der Waals surface area contributed by atoms with Crippen molar-refractivity contribution in [1.82, 2.24) is 0 Å². The molecule has 0 aromatic rings. The van der Waals surface area contributed by atoms with Crippen molar-refractivity contribution in [2.75, 3.05) is 19.0 Å². The first-order chi connectivity index (χ1) is 8.06. The fraction of sp³-hybridized carbons (Fsp3) is 0.667. The molecule has 1 aliphatic heterocycles. The lowest BCUT2D eigenvalue weighted by molar-refractivity contribution is -0.158. The van der Waals surface area contributed by atoms with Crippen molar-refractivity contribution in [2.24, 2.45) is 0 Å². The normalized spacial score (nSPS) is 18.2. The highest BCUT2D eigenvalue weighted by molar-refractivity contribution is 8.02. The number of hydrogen-bond acceptors (Lipinski definition) is 5. The average Bonchev–Trinajstić information content (AvgIpc) is 2.31. The highest BCUT2D eigenvalue weighted by atomic mass is 32.2. The van der Waals surface area contributed by atoms with Gasteiger partial charge in [0.15, 0.2) is 0 Å². The van der Waals surface area contributed by atoms with Gasteiger partial charge in [-0.2, -0.15) is 0 Å². The molecular weight excluding hydrogens is 240 g/mol. The molecule has 0 aromatic carbocycles. The smallest absolute Gasteiger partial charge is 0.334 e. The van der Waals surface area contributed by atoms with Crippen molar-refractivity contribution in [1.29, 1.82) is 0 Å². The molecule has 0 spiro atoms. The molecule has 0 saturated heterocycles. The van der Waals surface area contributed by atoms with Gasteiger partial charge < -0.3 is 9.47 Å². The highest BCUT2D eigenvalue weighted by Crippen LogP contribution is 2.38. The minimum atomic E-state index is -1.20. The quantitative estimate of drug-likeness (QED) is 0.438. The van der Waals surface area contributed by atoms with Crippen molar-refractivity contribution in [3.8, 4) is 0 Å². The Labute approximate surface area is 106 Å². The molecule has 0 fully saturated rings. The van der Waals surface area contributed by atoms with E-state index in [2.05, 4.69) is 0 Å². The third-order valence-electron chi connectivity index (χ3n) is 2.49. The molecule has 0 N–H and O–H groups in total. The van der Waals surface area contributed by atoms with Crippen LogP contribution >= 0.6 is 11.8 Å². The van der Waals surface area contributed by atoms with Crippen molar-refractivity contribution in [2.45, 2.75) is 31.9 Å². The highest BCUT2D eigenvalue weighted by Gasteiger charge is 2.50. The van der Waals surface area contributed by atoms with Gasteiger partial charge in [0.1, 0.15) is 0 Å². The Morgan fingerprint density at radius 3 is 2.18 bits per heavy atom. The lowest BCUT2D eigenvalue weighted by atomic mass is 10.0. The molecule has 5 heteroatoms. The van der Waals surface area contributed by atoms with Gasteiger partial charge in [0, 0.05) is 12.2 Å². The fourth-order valence-electron chi connectivity index (χ4n) is 1.54. The number of thioether (sulfide) groups is 1. The van der Waals surface area contributed by atoms with Gasteiger partial charge in [-0.3, -0.25) is 0 Å². The van der Waals surface area contributed by atoms with Crippen LogP contribution in [0, 0.1) is 0 Å². The van der Waals surface area contributed by atoms with Crippen molar-refractivity contribution in [3.63, 3.8) is 0 Å². The SMILES string of the molecule is CCOC(=O)C1(C(=O)OCC)CC=C(C)CS1. The number of carbonyl (C=O) groups is 2. The summed E-state index contributed by atoms with van der Waals surface area (Å²) in [4.78, 5) is 23.9. The van der Waals surface area contributed by atoms with E-state index in [4.69, 9.17) is 9.47 Å². The minimum absolute atomic E-state index is 0.267. The first kappa shape index (κ1) is 14.1. The van der Waals surface area contributed by atoms with E-state index in [0.29, 0.717) is 12.2 Å². The molecule has 0 atom stereocenters. The standard InChI is InChI=1S/C12H18O4S/c1-4-15-10(13)12(11(14)16-5-2)7-6-9(3)8-17-12/h6H,4-5,7-8H2,1-3H3. The first-order valence-corrected chi connectivity index (χ1v) is 6.69. The van der Waals surface area contributed by atoms with Crippen LogP contribution in [0.4, 0.5) is 0 Å². The van der Waals surface area contributed by atoms with Gasteiger partial charge in [0.2, 0.25) is 4.75 Å². The number of esters is 2. The second kappa shape index (κ2) is 6.10. The van der Waals surface area contributed by atoms with E-state index < -0.39 is 16.7 Å². The Balaban J connectivity index is 2.93. The molecule has 0 aliphatic carbocycles. The molecule has 0 aromatic heterocycles. The van der Waals surface area contributed by atoms with Gasteiger partial charge in [0.05, 0.1) is 13.2 Å². The number of carbonyl (C=O) groups excluding carboxylic acids is 2. The molecule has 0 saturated carbocycles. The van der Waals surface area contributed by atoms with Crippen molar-refractivity contribution >= 4 is 23.7 Å². The number of allylic oxidation sites excluding steroid dienone is 1. The molecule has 0 bridgehead atoms. The Morgan fingerprint density at radius 1 is 1.29 bits per heavy atom. The molecular formula is C12H18O4S. The van der Waals surface area contributed by atoms with Crippen LogP contribution in [0.25, 0.3) is 0 Å². The Morgan fingerprint density at radius 2 is 1.82 bits per heavy atom. The van der Waals surface area contributed by atoms with E-state index in [1.54, 1.807) is 13.8 Å². The van der Waals surface area contributed by atoms with Gasteiger partial charge >= 0.3 is 11.9 Å². The van der Waals surface area contributed by atoms with Crippen LogP contribution in [0.3, 0.4) is 0 Å². The molecule has 1 aliphatic rings. The number of hydrogen-bond donors (Lipinski definition) is 0. The van der Waals surface area contributed by atoms with E-state index >= 15 is 0 Å². The maximum absolute atomic E-state index is 12.0. The summed E-state index contributed by atoms with van der Waals surface area (Å²) in [6, 6.07) is 0. The third kappa shape index (κ3) is 3.03. The number of rotatable bonds is 4. The minimum Gasteiger partial charge on any atom is -0.465 e. The summed E-state index contributed by atoms with van der Waals surface area (Å²) in [6.07, 6.45) is 2.26. The third-order valence-corrected chi connectivity index (χ3v) is 4.09. The van der Waals surface area contributed by atoms with E-state index in [1.165, 1.54) is 17.3 Å². The van der Waals surface area contributed by atoms with E-state index in [0.717, 1.165) is 0 Å². The van der Waals surface area contributed by atoms with Crippen LogP contribution in [0.1, 0.15) is 27.2 Å². The van der Waals surface area contributed by atoms with Crippen LogP contribution in [0.15, 0.2) is 11.6 Å². The molecule has 0 unspecified atom stereocenters. The van der Waals surface area contributed by atoms with E-state index in [-0.39, 0.29) is 13.2 Å². The summed E-state index contributed by atoms with van der Waals surface area (Å²) in [7, 11) is 0. The largest absolute Gasteiger partial charge is 0.465 e. The fourth-order valence-corrected chi connectivity index (χ4v) is 2.68. The molecule has 1 heterocycles. The zero-order valence-electron chi connectivity index (χ0n) is 10.4. The monoisotopic (exact) mass is 258 g/mol. The van der Waals surface area contributed by atoms with Gasteiger partial charge in [-0.15, -0.1) is 11.8 Å². The van der Waals surface area contributed by atoms with E-state index in [1.807, 2.05) is 13.0 Å². The molecule has 17 heavy (non-hydrogen) atoms. The van der Waals surface area contributed by atoms with E-state index in [9.17, 15) is 9.59 Å². The summed E-state index contributed by atoms with van der Waals surface area (Å²) >= 11 is 1.30. The Hall–Kier alpha value is -0.970. The number of ether oxygens (including phenoxy) is 2. The Kier molecular flexibility index (Phi) is 5.05. The van der Waals surface area contributed by atoms with Gasteiger partial charge in [0.25, 0.3) is 0 Å². The van der Waals surface area contributed by atoms with Crippen LogP contribution in [0.5, 0.6) is 0 Å². The second-order valence-corrected chi connectivity index (χ2v) is 5.09. The zero-order valence-corrected chi connectivity index (χ0v) is 11.3. The molecule has 0 amide bonds. The van der Waals surface area contributed by atoms with Crippen molar-refractivity contribution in [3.05, 3.63) is 11.6 Å². The lowest BCUT2D eigenvalue weighted by Crippen LogP contribution is -2.47. The topological polar surface area (TPSA) is 52.6 Å². The molecule has 4 nitrogen and oxygen atoms in total. The summed E-state index contributed by atoms with van der Waals surface area (Å²) < 4.78 is 8.79. The maximum atomic E-state index is 12.0. The summed E-state index contributed by atoms with van der Waals surface area (Å²) in [5.41, 5.74) is 1.17. The summed E-state index contributed by atoms with van der Waals surface area (Å²) in [6.45, 7) is 5.97. The summed E-state index contributed by atoms with van der Waals surface area (Å²) in [5.74, 6) is -0.336. The van der Waals surface area contributed by atoms with Crippen LogP contribution in [0.2, 0.25) is 0 Å². The van der Waals surface area contributed by atoms with Crippen LogP contribution < -0.4 is 0 Å². The second-order valence-electron chi connectivity index (χ2n) is 3.81. The predicted molar refractivity (Wildman–Crippen MR) is 66.8 cm³/mol. The first-order valence-electron chi connectivity index (χ1n) is 5.70. The Bertz CT molecular complexity index is 317. The van der Waals surface area contributed by atoms with Crippen LogP contribution in [-0.2, 0) is 19.1 Å². The average molecular weight is 258 g/mol. The molecule has 96 valence electrons. The molecule has 0 radical (unpaired) electrons. The van der Waals surface area contributed by atoms with Gasteiger partial charge in [-0.05, 0) is 20.8 Å². The lowest BCUT2D eigenvalue weighted by Gasteiger charge is -2.30. The predicted octanol–water partition coefficient (Wildman–Crippen LogP) is 1.93.